The molecule has 1 aromatic carbocycles. The standard InChI is InChI=1S/C21H23N7O2/c29-21(25-17-1-3-18(4-2-17)26-7-9-30-10-8-26)16-12-28(13-16)20-11-19(23-14-24-20)27-6-5-22-15-27/h1-6,11,14-16H,7-10,12-13H2,(H,25,29). The number of hydrogen-bond acceptors (Lipinski definition) is 7. The van der Waals surface area contributed by atoms with Crippen LogP contribution in [-0.4, -0.2) is 64.8 Å². The van der Waals surface area contributed by atoms with E-state index in [1.165, 1.54) is 6.33 Å². The van der Waals surface area contributed by atoms with Crippen molar-refractivity contribution < 1.29 is 9.53 Å². The monoisotopic (exact) mass is 405 g/mol. The van der Waals surface area contributed by atoms with Gasteiger partial charge in [-0.2, -0.15) is 0 Å². The molecule has 9 nitrogen and oxygen atoms in total. The van der Waals surface area contributed by atoms with E-state index < -0.39 is 0 Å². The second-order valence-electron chi connectivity index (χ2n) is 7.44. The number of anilines is 3. The molecule has 0 saturated carbocycles. The molecule has 1 amide bonds. The lowest BCUT2D eigenvalue weighted by Crippen LogP contribution is -2.52. The van der Waals surface area contributed by atoms with E-state index in [1.54, 1.807) is 12.5 Å². The number of benzene rings is 1. The molecule has 0 atom stereocenters. The van der Waals surface area contributed by atoms with Gasteiger partial charge in [-0.15, -0.1) is 0 Å². The lowest BCUT2D eigenvalue weighted by atomic mass is 9.99. The minimum atomic E-state index is -0.0596. The van der Waals surface area contributed by atoms with Crippen LogP contribution in [0.1, 0.15) is 0 Å². The highest BCUT2D eigenvalue weighted by Crippen LogP contribution is 2.25. The number of aromatic nitrogens is 4. The summed E-state index contributed by atoms with van der Waals surface area (Å²) in [6, 6.07) is 9.92. The van der Waals surface area contributed by atoms with Crippen molar-refractivity contribution in [3.63, 3.8) is 0 Å². The summed E-state index contributed by atoms with van der Waals surface area (Å²) < 4.78 is 7.22. The fraction of sp³-hybridized carbons (Fsp3) is 0.333. The van der Waals surface area contributed by atoms with Gasteiger partial charge in [0.25, 0.3) is 0 Å². The van der Waals surface area contributed by atoms with Gasteiger partial charge in [0.05, 0.1) is 19.1 Å². The van der Waals surface area contributed by atoms with Gasteiger partial charge < -0.3 is 19.9 Å². The zero-order valence-corrected chi connectivity index (χ0v) is 16.5. The van der Waals surface area contributed by atoms with Gasteiger partial charge in [0.2, 0.25) is 5.91 Å². The van der Waals surface area contributed by atoms with Crippen LogP contribution in [0.4, 0.5) is 17.2 Å². The smallest absolute Gasteiger partial charge is 0.231 e. The summed E-state index contributed by atoms with van der Waals surface area (Å²) in [6.07, 6.45) is 6.78. The minimum Gasteiger partial charge on any atom is -0.378 e. The summed E-state index contributed by atoms with van der Waals surface area (Å²) in [4.78, 5) is 29.6. The third-order valence-electron chi connectivity index (χ3n) is 5.49. The van der Waals surface area contributed by atoms with Crippen molar-refractivity contribution in [2.45, 2.75) is 0 Å². The summed E-state index contributed by atoms with van der Waals surface area (Å²) in [5.74, 6) is 1.54. The number of morpholine rings is 1. The number of nitrogens with zero attached hydrogens (tertiary/aromatic N) is 6. The zero-order valence-electron chi connectivity index (χ0n) is 16.5. The molecular formula is C21H23N7O2. The lowest BCUT2D eigenvalue weighted by molar-refractivity contribution is -0.120. The second kappa shape index (κ2) is 8.11. The van der Waals surface area contributed by atoms with Crippen molar-refractivity contribution in [1.82, 2.24) is 19.5 Å². The van der Waals surface area contributed by atoms with Crippen LogP contribution in [0.15, 0.2) is 55.4 Å². The minimum absolute atomic E-state index is 0.0364. The van der Waals surface area contributed by atoms with Gasteiger partial charge in [-0.1, -0.05) is 0 Å². The molecule has 2 saturated heterocycles. The van der Waals surface area contributed by atoms with Gasteiger partial charge in [0.1, 0.15) is 24.3 Å². The first-order valence-electron chi connectivity index (χ1n) is 10.1. The topological polar surface area (TPSA) is 88.4 Å². The van der Waals surface area contributed by atoms with E-state index >= 15 is 0 Å². The molecule has 0 spiro atoms. The zero-order chi connectivity index (χ0) is 20.3. The Hall–Kier alpha value is -3.46. The third kappa shape index (κ3) is 3.84. The molecule has 3 aromatic rings. The lowest BCUT2D eigenvalue weighted by Gasteiger charge is -2.39. The third-order valence-corrected chi connectivity index (χ3v) is 5.49. The van der Waals surface area contributed by atoms with E-state index in [9.17, 15) is 4.79 Å². The van der Waals surface area contributed by atoms with Gasteiger partial charge >= 0.3 is 0 Å². The predicted octanol–water partition coefficient (Wildman–Crippen LogP) is 1.57. The molecule has 0 unspecified atom stereocenters. The summed E-state index contributed by atoms with van der Waals surface area (Å²) in [7, 11) is 0. The largest absolute Gasteiger partial charge is 0.378 e. The van der Waals surface area contributed by atoms with Crippen LogP contribution in [0.25, 0.3) is 5.82 Å². The first kappa shape index (κ1) is 18.6. The maximum Gasteiger partial charge on any atom is 0.231 e. The second-order valence-corrected chi connectivity index (χ2v) is 7.44. The van der Waals surface area contributed by atoms with Crippen LogP contribution in [0, 0.1) is 5.92 Å². The summed E-state index contributed by atoms with van der Waals surface area (Å²) in [6.45, 7) is 4.58. The molecule has 30 heavy (non-hydrogen) atoms. The molecule has 2 aliphatic rings. The summed E-state index contributed by atoms with van der Waals surface area (Å²) in [5, 5.41) is 3.03. The summed E-state index contributed by atoms with van der Waals surface area (Å²) in [5.41, 5.74) is 1.98. The Kier molecular flexibility index (Phi) is 5.02. The number of carbonyl (C=O) groups is 1. The van der Waals surface area contributed by atoms with Crippen LogP contribution in [0.3, 0.4) is 0 Å². The molecule has 9 heteroatoms. The molecule has 2 aromatic heterocycles. The molecular weight excluding hydrogens is 382 g/mol. The Morgan fingerprint density at radius 1 is 1.03 bits per heavy atom. The predicted molar refractivity (Wildman–Crippen MR) is 113 cm³/mol. The van der Waals surface area contributed by atoms with E-state index in [-0.39, 0.29) is 11.8 Å². The van der Waals surface area contributed by atoms with Crippen molar-refractivity contribution in [3.8, 4) is 5.82 Å². The maximum atomic E-state index is 12.6. The number of imidazole rings is 1. The molecule has 1 N–H and O–H groups in total. The van der Waals surface area contributed by atoms with Crippen LogP contribution < -0.4 is 15.1 Å². The van der Waals surface area contributed by atoms with E-state index in [1.807, 2.05) is 41.1 Å². The van der Waals surface area contributed by atoms with E-state index in [0.717, 1.165) is 49.3 Å². The van der Waals surface area contributed by atoms with Gasteiger partial charge in [0, 0.05) is 56.0 Å². The van der Waals surface area contributed by atoms with Crippen LogP contribution >= 0.6 is 0 Å². The molecule has 4 heterocycles. The molecule has 2 aliphatic heterocycles. The first-order chi connectivity index (χ1) is 14.8. The van der Waals surface area contributed by atoms with Crippen LogP contribution in [-0.2, 0) is 9.53 Å². The van der Waals surface area contributed by atoms with E-state index in [0.29, 0.717) is 13.1 Å². The van der Waals surface area contributed by atoms with E-state index in [2.05, 4.69) is 30.1 Å². The highest BCUT2D eigenvalue weighted by atomic mass is 16.5. The Labute approximate surface area is 174 Å². The van der Waals surface area contributed by atoms with Gasteiger partial charge in [-0.3, -0.25) is 9.36 Å². The van der Waals surface area contributed by atoms with Crippen LogP contribution in [0.5, 0.6) is 0 Å². The molecule has 0 aliphatic carbocycles. The molecule has 0 bridgehead atoms. The van der Waals surface area contributed by atoms with E-state index in [4.69, 9.17) is 4.74 Å². The first-order valence-corrected chi connectivity index (χ1v) is 10.1. The van der Waals surface area contributed by atoms with Crippen molar-refractivity contribution >= 4 is 23.1 Å². The normalized spacial score (nSPS) is 16.9. The fourth-order valence-electron chi connectivity index (χ4n) is 3.70. The van der Waals surface area contributed by atoms with Crippen LogP contribution in [0.2, 0.25) is 0 Å². The van der Waals surface area contributed by atoms with Gasteiger partial charge in [-0.05, 0) is 24.3 Å². The van der Waals surface area contributed by atoms with Gasteiger partial charge in [0.15, 0.2) is 0 Å². The molecule has 0 radical (unpaired) electrons. The Morgan fingerprint density at radius 2 is 1.80 bits per heavy atom. The molecule has 2 fully saturated rings. The Bertz CT molecular complexity index is 994. The highest BCUT2D eigenvalue weighted by molar-refractivity contribution is 5.94. The van der Waals surface area contributed by atoms with Crippen molar-refractivity contribution in [2.24, 2.45) is 5.92 Å². The number of hydrogen-bond donors (Lipinski definition) is 1. The maximum absolute atomic E-state index is 12.6. The molecule has 154 valence electrons. The van der Waals surface area contributed by atoms with Crippen molar-refractivity contribution in [1.29, 1.82) is 0 Å². The average Bonchev–Trinajstić information content (AvgIpc) is 3.29. The number of amides is 1. The number of rotatable bonds is 5. The fourth-order valence-corrected chi connectivity index (χ4v) is 3.70. The average molecular weight is 405 g/mol. The number of ether oxygens (including phenoxy) is 1. The number of carbonyl (C=O) groups excluding carboxylic acids is 1. The number of nitrogens with one attached hydrogen (secondary N) is 1. The van der Waals surface area contributed by atoms with Crippen molar-refractivity contribution in [3.05, 3.63) is 55.4 Å². The summed E-state index contributed by atoms with van der Waals surface area (Å²) >= 11 is 0. The highest BCUT2D eigenvalue weighted by Gasteiger charge is 2.33. The van der Waals surface area contributed by atoms with Gasteiger partial charge in [-0.25, -0.2) is 15.0 Å². The Morgan fingerprint density at radius 3 is 2.53 bits per heavy atom. The molecule has 5 rings (SSSR count). The SMILES string of the molecule is O=C(Nc1ccc(N2CCOCC2)cc1)C1CN(c2cc(-n3ccnc3)ncn2)C1. The quantitative estimate of drug-likeness (QED) is 0.689. The Balaban J connectivity index is 1.16. The van der Waals surface area contributed by atoms with Crippen molar-refractivity contribution in [2.75, 3.05) is 54.5 Å².